The number of benzene rings is 1. The molecule has 0 saturated heterocycles. The molecule has 1 aromatic rings. The molecule has 0 heterocycles. The lowest BCUT2D eigenvalue weighted by atomic mass is 9.78. The first-order valence-electron chi connectivity index (χ1n) is 6.96. The Hall–Kier alpha value is -0.960. The van der Waals surface area contributed by atoms with Crippen LogP contribution in [0.3, 0.4) is 0 Å². The second-order valence-corrected chi connectivity index (χ2v) is 5.75. The third kappa shape index (κ3) is 4.27. The van der Waals surface area contributed by atoms with E-state index in [9.17, 15) is 13.2 Å². The van der Waals surface area contributed by atoms with Crippen LogP contribution in [0.5, 0.6) is 0 Å². The lowest BCUT2D eigenvalue weighted by molar-refractivity contribution is 0.152. The van der Waals surface area contributed by atoms with Crippen molar-refractivity contribution in [3.05, 3.63) is 46.8 Å². The van der Waals surface area contributed by atoms with Gasteiger partial charge in [0.25, 0.3) is 0 Å². The van der Waals surface area contributed by atoms with E-state index < -0.39 is 6.43 Å². The van der Waals surface area contributed by atoms with Crippen LogP contribution in [0.1, 0.15) is 43.6 Å². The van der Waals surface area contributed by atoms with E-state index in [1.54, 1.807) is 12.1 Å². The monoisotopic (exact) mass is 302 g/mol. The van der Waals surface area contributed by atoms with Gasteiger partial charge >= 0.3 is 0 Å². The van der Waals surface area contributed by atoms with Crippen molar-refractivity contribution in [2.75, 3.05) is 0 Å². The van der Waals surface area contributed by atoms with Gasteiger partial charge in [0.2, 0.25) is 6.43 Å². The summed E-state index contributed by atoms with van der Waals surface area (Å²) in [4.78, 5) is 0. The number of rotatable bonds is 4. The topological polar surface area (TPSA) is 0 Å². The Morgan fingerprint density at radius 1 is 1.20 bits per heavy atom. The van der Waals surface area contributed by atoms with E-state index in [0.29, 0.717) is 11.8 Å². The van der Waals surface area contributed by atoms with Gasteiger partial charge in [-0.15, -0.1) is 0 Å². The maximum absolute atomic E-state index is 13.4. The minimum absolute atomic E-state index is 0.150. The van der Waals surface area contributed by atoms with Crippen LogP contribution in [-0.2, 0) is 0 Å². The van der Waals surface area contributed by atoms with Gasteiger partial charge < -0.3 is 0 Å². The molecule has 110 valence electrons. The summed E-state index contributed by atoms with van der Waals surface area (Å²) in [6.07, 6.45) is 4.92. The summed E-state index contributed by atoms with van der Waals surface area (Å²) in [6.45, 7) is 0. The predicted molar refractivity (Wildman–Crippen MR) is 75.9 cm³/mol. The van der Waals surface area contributed by atoms with Crippen LogP contribution in [0.25, 0.3) is 0 Å². The molecular formula is C16H18ClF3. The lowest BCUT2D eigenvalue weighted by Gasteiger charge is -2.27. The first-order chi connectivity index (χ1) is 9.56. The van der Waals surface area contributed by atoms with Crippen LogP contribution in [0.15, 0.2) is 30.4 Å². The smallest absolute Gasteiger partial charge is 0.210 e. The highest BCUT2D eigenvalue weighted by Crippen LogP contribution is 2.37. The van der Waals surface area contributed by atoms with Crippen molar-refractivity contribution < 1.29 is 13.2 Å². The van der Waals surface area contributed by atoms with Crippen molar-refractivity contribution in [1.82, 2.24) is 0 Å². The second kappa shape index (κ2) is 7.16. The molecule has 20 heavy (non-hydrogen) atoms. The number of alkyl halides is 2. The number of hydrogen-bond acceptors (Lipinski definition) is 0. The zero-order chi connectivity index (χ0) is 14.5. The molecule has 0 atom stereocenters. The van der Waals surface area contributed by atoms with Crippen molar-refractivity contribution in [3.63, 3.8) is 0 Å². The van der Waals surface area contributed by atoms with E-state index in [4.69, 9.17) is 11.6 Å². The number of hydrogen-bond donors (Lipinski definition) is 0. The molecule has 0 spiro atoms. The van der Waals surface area contributed by atoms with Crippen molar-refractivity contribution in [3.8, 4) is 0 Å². The van der Waals surface area contributed by atoms with Gasteiger partial charge in [-0.3, -0.25) is 0 Å². The fourth-order valence-electron chi connectivity index (χ4n) is 2.79. The lowest BCUT2D eigenvalue weighted by Crippen LogP contribution is -2.12. The van der Waals surface area contributed by atoms with Crippen LogP contribution in [0.4, 0.5) is 13.2 Å². The largest absolute Gasteiger partial charge is 0.242 e. The van der Waals surface area contributed by atoms with E-state index in [1.165, 1.54) is 6.07 Å². The molecule has 0 bridgehead atoms. The third-order valence-electron chi connectivity index (χ3n) is 3.91. The van der Waals surface area contributed by atoms with Gasteiger partial charge in [0.1, 0.15) is 5.82 Å². The Kier molecular flexibility index (Phi) is 5.53. The third-order valence-corrected chi connectivity index (χ3v) is 4.22. The fourth-order valence-corrected chi connectivity index (χ4v) is 2.90. The molecule has 0 aliphatic heterocycles. The minimum Gasteiger partial charge on any atom is -0.210 e. The molecule has 0 nitrogen and oxygen atoms in total. The molecule has 1 aromatic carbocycles. The highest BCUT2D eigenvalue weighted by Gasteiger charge is 2.21. The van der Waals surface area contributed by atoms with Crippen molar-refractivity contribution in [1.29, 1.82) is 0 Å². The highest BCUT2D eigenvalue weighted by atomic mass is 35.5. The summed E-state index contributed by atoms with van der Waals surface area (Å²) < 4.78 is 37.5. The van der Waals surface area contributed by atoms with Crippen molar-refractivity contribution in [2.24, 2.45) is 5.92 Å². The summed E-state index contributed by atoms with van der Waals surface area (Å²) in [5.41, 5.74) is 0.988. The van der Waals surface area contributed by atoms with Gasteiger partial charge in [-0.05, 0) is 55.2 Å². The average Bonchev–Trinajstić information content (AvgIpc) is 2.42. The zero-order valence-corrected chi connectivity index (χ0v) is 11.9. The molecule has 0 amide bonds. The van der Waals surface area contributed by atoms with Gasteiger partial charge in [0, 0.05) is 6.42 Å². The Balaban J connectivity index is 1.87. The van der Waals surface area contributed by atoms with Crippen molar-refractivity contribution >= 4 is 11.6 Å². The van der Waals surface area contributed by atoms with E-state index >= 15 is 0 Å². The van der Waals surface area contributed by atoms with E-state index in [2.05, 4.69) is 0 Å². The van der Waals surface area contributed by atoms with Crippen LogP contribution >= 0.6 is 11.6 Å². The number of halogens is 4. The first kappa shape index (κ1) is 15.4. The summed E-state index contributed by atoms with van der Waals surface area (Å²) in [5.74, 6) is 0.354. The second-order valence-electron chi connectivity index (χ2n) is 5.34. The van der Waals surface area contributed by atoms with Gasteiger partial charge in [-0.2, -0.15) is 0 Å². The molecule has 4 heteroatoms. The van der Waals surface area contributed by atoms with Crippen LogP contribution in [0.2, 0.25) is 5.02 Å². The van der Waals surface area contributed by atoms with Crippen LogP contribution < -0.4 is 0 Å². The Morgan fingerprint density at radius 2 is 1.90 bits per heavy atom. The highest BCUT2D eigenvalue weighted by molar-refractivity contribution is 6.30. The fraction of sp³-hybridized carbons (Fsp3) is 0.500. The van der Waals surface area contributed by atoms with Gasteiger partial charge in [-0.1, -0.05) is 29.8 Å². The molecule has 1 fully saturated rings. The molecular weight excluding hydrogens is 285 g/mol. The molecule has 1 saturated carbocycles. The van der Waals surface area contributed by atoms with Gasteiger partial charge in [0.15, 0.2) is 0 Å². The minimum atomic E-state index is -2.26. The maximum atomic E-state index is 13.4. The van der Waals surface area contributed by atoms with E-state index in [0.717, 1.165) is 31.2 Å². The summed E-state index contributed by atoms with van der Waals surface area (Å²) >= 11 is 5.68. The number of allylic oxidation sites excluding steroid dienone is 2. The maximum Gasteiger partial charge on any atom is 0.242 e. The van der Waals surface area contributed by atoms with Crippen molar-refractivity contribution in [2.45, 2.75) is 44.4 Å². The Bertz CT molecular complexity index is 463. The zero-order valence-electron chi connectivity index (χ0n) is 11.2. The first-order valence-corrected chi connectivity index (χ1v) is 7.34. The average molecular weight is 303 g/mol. The quantitative estimate of drug-likeness (QED) is 0.602. The SMILES string of the molecule is Fc1cc(C2CCC(C=CCC(F)F)CC2)ccc1Cl. The summed E-state index contributed by atoms with van der Waals surface area (Å²) in [7, 11) is 0. The van der Waals surface area contributed by atoms with E-state index in [1.807, 2.05) is 12.1 Å². The molecule has 0 radical (unpaired) electrons. The van der Waals surface area contributed by atoms with Gasteiger partial charge in [0.05, 0.1) is 5.02 Å². The standard InChI is InChI=1S/C16H18ClF3/c17-14-9-8-13(10-15(14)18)12-6-4-11(5-7-12)2-1-3-16(19)20/h1-2,8-12,16H,3-7H2. The molecule has 1 aliphatic carbocycles. The molecule has 2 rings (SSSR count). The predicted octanol–water partition coefficient (Wildman–Crippen LogP) is 5.96. The summed E-state index contributed by atoms with van der Waals surface area (Å²) in [5, 5.41) is 0.150. The molecule has 0 aromatic heterocycles. The van der Waals surface area contributed by atoms with Crippen LogP contribution in [0, 0.1) is 11.7 Å². The normalized spacial score (nSPS) is 23.6. The molecule has 1 aliphatic rings. The van der Waals surface area contributed by atoms with Gasteiger partial charge in [-0.25, -0.2) is 13.2 Å². The summed E-state index contributed by atoms with van der Waals surface area (Å²) in [6, 6.07) is 4.99. The van der Waals surface area contributed by atoms with Crippen LogP contribution in [-0.4, -0.2) is 6.43 Å². The molecule has 0 N–H and O–H groups in total. The Morgan fingerprint density at radius 3 is 2.50 bits per heavy atom. The van der Waals surface area contributed by atoms with E-state index in [-0.39, 0.29) is 17.3 Å². The molecule has 0 unspecified atom stereocenters. The Labute approximate surface area is 122 Å².